The van der Waals surface area contributed by atoms with E-state index in [1.807, 2.05) is 12.1 Å². The Hall–Kier alpha value is -3.75. The zero-order valence-electron chi connectivity index (χ0n) is 16.1. The molecule has 9 heteroatoms. The maximum Gasteiger partial charge on any atom is 0.254 e. The molecule has 3 aromatic rings. The first-order chi connectivity index (χ1) is 14.6. The lowest BCUT2D eigenvalue weighted by molar-refractivity contribution is -0.124. The average molecular weight is 401 g/mol. The number of benzene rings is 1. The summed E-state index contributed by atoms with van der Waals surface area (Å²) in [6, 6.07) is 8.74. The van der Waals surface area contributed by atoms with Crippen LogP contribution in [0.4, 0.5) is 11.9 Å². The quantitative estimate of drug-likeness (QED) is 0.506. The van der Waals surface area contributed by atoms with E-state index in [2.05, 4.69) is 32.8 Å². The minimum atomic E-state index is -0.361. The molecule has 2 N–H and O–H groups in total. The number of hydrogen-bond acceptors (Lipinski definition) is 7. The molecule has 0 bridgehead atoms. The molecule has 4 heterocycles. The molecule has 1 aliphatic carbocycles. The summed E-state index contributed by atoms with van der Waals surface area (Å²) < 4.78 is 1.67. The molecule has 0 unspecified atom stereocenters. The van der Waals surface area contributed by atoms with E-state index in [0.717, 1.165) is 25.9 Å². The van der Waals surface area contributed by atoms with Crippen LogP contribution >= 0.6 is 0 Å². The Morgan fingerprint density at radius 1 is 1.10 bits per heavy atom. The number of fused-ring (bicyclic) bond motifs is 2. The van der Waals surface area contributed by atoms with E-state index in [1.165, 1.54) is 11.1 Å². The third-order valence-corrected chi connectivity index (χ3v) is 5.64. The van der Waals surface area contributed by atoms with Crippen LogP contribution in [0.5, 0.6) is 0 Å². The van der Waals surface area contributed by atoms with Crippen LogP contribution in [0.3, 0.4) is 0 Å². The molecule has 9 nitrogen and oxygen atoms in total. The number of amides is 2. The number of carbonyl (C=O) groups is 2. The van der Waals surface area contributed by atoms with Crippen molar-refractivity contribution in [2.24, 2.45) is 0 Å². The molecule has 150 valence electrons. The molecule has 0 radical (unpaired) electrons. The van der Waals surface area contributed by atoms with Crippen molar-refractivity contribution in [1.82, 2.24) is 24.9 Å². The van der Waals surface area contributed by atoms with E-state index in [-0.39, 0.29) is 18.2 Å². The molecular weight excluding hydrogens is 382 g/mol. The second-order valence-electron chi connectivity index (χ2n) is 7.95. The average Bonchev–Trinajstić information content (AvgIpc) is 3.16. The second kappa shape index (κ2) is 6.38. The van der Waals surface area contributed by atoms with Crippen LogP contribution in [0.2, 0.25) is 0 Å². The monoisotopic (exact) mass is 401 g/mol. The van der Waals surface area contributed by atoms with E-state index in [0.29, 0.717) is 34.7 Å². The molecule has 3 aliphatic rings. The lowest BCUT2D eigenvalue weighted by Gasteiger charge is -2.17. The number of imide groups is 1. The highest BCUT2D eigenvalue weighted by Gasteiger charge is 2.28. The van der Waals surface area contributed by atoms with Crippen molar-refractivity contribution in [2.45, 2.75) is 38.4 Å². The van der Waals surface area contributed by atoms with Gasteiger partial charge in [-0.15, -0.1) is 0 Å². The van der Waals surface area contributed by atoms with Crippen molar-refractivity contribution < 1.29 is 9.59 Å². The van der Waals surface area contributed by atoms with Crippen LogP contribution in [0, 0.1) is 0 Å². The lowest BCUT2D eigenvalue weighted by Crippen LogP contribution is -2.20. The van der Waals surface area contributed by atoms with Gasteiger partial charge >= 0.3 is 0 Å². The third kappa shape index (κ3) is 2.90. The number of hydrogen-bond donors (Lipinski definition) is 2. The highest BCUT2D eigenvalue weighted by molar-refractivity contribution is 6.15. The number of nitrogens with one attached hydrogen (secondary N) is 2. The van der Waals surface area contributed by atoms with E-state index >= 15 is 0 Å². The number of carbonyl (C=O) groups excluding carboxylic acids is 2. The smallest absolute Gasteiger partial charge is 0.254 e. The van der Waals surface area contributed by atoms with Gasteiger partial charge in [0.15, 0.2) is 5.65 Å². The summed E-state index contributed by atoms with van der Waals surface area (Å²) >= 11 is 0. The maximum atomic E-state index is 12.0. The van der Waals surface area contributed by atoms with Crippen LogP contribution in [0.25, 0.3) is 11.7 Å². The van der Waals surface area contributed by atoms with Crippen molar-refractivity contribution in [1.29, 1.82) is 0 Å². The van der Waals surface area contributed by atoms with Crippen LogP contribution in [0.1, 0.15) is 36.0 Å². The Kier molecular flexibility index (Phi) is 3.64. The molecule has 6 rings (SSSR count). The number of rotatable bonds is 4. The normalized spacial score (nSPS) is 19.6. The molecular formula is C21H19N7O2. The number of aromatic nitrogens is 4. The molecule has 30 heavy (non-hydrogen) atoms. The molecule has 2 amide bonds. The van der Waals surface area contributed by atoms with Gasteiger partial charge in [-0.05, 0) is 30.0 Å². The van der Waals surface area contributed by atoms with Gasteiger partial charge in [0, 0.05) is 30.3 Å². The van der Waals surface area contributed by atoms with Crippen molar-refractivity contribution in [3.8, 4) is 0 Å². The number of anilines is 2. The van der Waals surface area contributed by atoms with Crippen LogP contribution in [0.15, 0.2) is 36.0 Å². The van der Waals surface area contributed by atoms with Crippen molar-refractivity contribution in [3.63, 3.8) is 0 Å². The fourth-order valence-corrected chi connectivity index (χ4v) is 3.91. The van der Waals surface area contributed by atoms with Crippen LogP contribution in [-0.2, 0) is 22.7 Å². The zero-order chi connectivity index (χ0) is 20.2. The number of nitrogens with zero attached hydrogens (tertiary/aromatic N) is 5. The predicted octanol–water partition coefficient (Wildman–Crippen LogP) is 1.65. The van der Waals surface area contributed by atoms with Gasteiger partial charge in [-0.1, -0.05) is 24.3 Å². The van der Waals surface area contributed by atoms with E-state index in [4.69, 9.17) is 9.97 Å². The van der Waals surface area contributed by atoms with E-state index in [1.54, 1.807) is 16.8 Å². The third-order valence-electron chi connectivity index (χ3n) is 5.64. The van der Waals surface area contributed by atoms with Crippen LogP contribution < -0.4 is 15.5 Å². The van der Waals surface area contributed by atoms with Gasteiger partial charge in [0.05, 0.1) is 12.6 Å². The molecule has 1 saturated heterocycles. The largest absolute Gasteiger partial charge is 0.351 e. The Morgan fingerprint density at radius 2 is 1.87 bits per heavy atom. The Labute approximate surface area is 171 Å². The summed E-state index contributed by atoms with van der Waals surface area (Å²) in [6.07, 6.45) is 5.64. The summed E-state index contributed by atoms with van der Waals surface area (Å²) in [5, 5.41) is 10.2. The maximum absolute atomic E-state index is 12.0. The molecule has 1 saturated carbocycles. The topological polar surface area (TPSA) is 105 Å². The van der Waals surface area contributed by atoms with Gasteiger partial charge in [-0.3, -0.25) is 14.9 Å². The molecule has 2 aliphatic heterocycles. The standard InChI is InChI=1S/C21H19N7O2/c29-17-8-14(19(30)24-17)7-15-9-22-28-18(15)25-20(26-21(28)23-16-5-6-16)27-10-12-3-1-2-4-13(12)11-27/h1-4,7,9,16H,5-6,8,10-11H2,(H,23,25,26)(H,24,29,30)/b14-7+. The van der Waals surface area contributed by atoms with Crippen molar-refractivity contribution in [2.75, 3.05) is 10.2 Å². The van der Waals surface area contributed by atoms with Gasteiger partial charge in [0.1, 0.15) is 0 Å². The van der Waals surface area contributed by atoms with Gasteiger partial charge in [0.2, 0.25) is 17.8 Å². The van der Waals surface area contributed by atoms with Gasteiger partial charge in [0.25, 0.3) is 5.91 Å². The highest BCUT2D eigenvalue weighted by Crippen LogP contribution is 2.30. The van der Waals surface area contributed by atoms with E-state index < -0.39 is 0 Å². The SMILES string of the molecule is O=C1C/C(=C\c2cnn3c(NC4CC4)nc(N4Cc5ccccc5C4)nc23)C(=O)N1. The molecule has 0 spiro atoms. The predicted molar refractivity (Wildman–Crippen MR) is 109 cm³/mol. The summed E-state index contributed by atoms with van der Waals surface area (Å²) in [5.74, 6) is 0.614. The fraction of sp³-hybridized carbons (Fsp3) is 0.286. The van der Waals surface area contributed by atoms with Gasteiger partial charge < -0.3 is 10.2 Å². The van der Waals surface area contributed by atoms with Gasteiger partial charge in [-0.2, -0.15) is 19.6 Å². The second-order valence-corrected chi connectivity index (χ2v) is 7.95. The minimum absolute atomic E-state index is 0.0722. The lowest BCUT2D eigenvalue weighted by atomic mass is 10.1. The summed E-state index contributed by atoms with van der Waals surface area (Å²) in [6.45, 7) is 1.49. The summed E-state index contributed by atoms with van der Waals surface area (Å²) in [4.78, 5) is 35.2. The Bertz CT molecular complexity index is 1220. The minimum Gasteiger partial charge on any atom is -0.351 e. The molecule has 0 atom stereocenters. The molecule has 1 aromatic carbocycles. The Balaban J connectivity index is 1.43. The zero-order valence-corrected chi connectivity index (χ0v) is 16.1. The first kappa shape index (κ1) is 17.1. The fourth-order valence-electron chi connectivity index (χ4n) is 3.91. The first-order valence-corrected chi connectivity index (χ1v) is 10.0. The highest BCUT2D eigenvalue weighted by atomic mass is 16.2. The molecule has 2 fully saturated rings. The summed E-state index contributed by atoms with van der Waals surface area (Å²) in [5.41, 5.74) is 4.26. The van der Waals surface area contributed by atoms with Crippen molar-refractivity contribution in [3.05, 3.63) is 52.7 Å². The summed E-state index contributed by atoms with van der Waals surface area (Å²) in [7, 11) is 0. The van der Waals surface area contributed by atoms with Crippen LogP contribution in [-0.4, -0.2) is 37.4 Å². The molecule has 2 aromatic heterocycles. The first-order valence-electron chi connectivity index (χ1n) is 10.0. The Morgan fingerprint density at radius 3 is 2.53 bits per heavy atom. The van der Waals surface area contributed by atoms with Gasteiger partial charge in [-0.25, -0.2) is 0 Å². The van der Waals surface area contributed by atoms with Crippen molar-refractivity contribution >= 4 is 35.4 Å². The van der Waals surface area contributed by atoms with E-state index in [9.17, 15) is 9.59 Å².